The lowest BCUT2D eigenvalue weighted by Crippen LogP contribution is -2.53. The largest absolute Gasteiger partial charge is 0.484 e. The summed E-state index contributed by atoms with van der Waals surface area (Å²) in [7, 11) is 0. The highest BCUT2D eigenvalue weighted by Crippen LogP contribution is 2.12. The van der Waals surface area contributed by atoms with Gasteiger partial charge in [0, 0.05) is 19.1 Å². The highest BCUT2D eigenvalue weighted by Gasteiger charge is 2.28. The molecule has 1 aromatic carbocycles. The van der Waals surface area contributed by atoms with Gasteiger partial charge in [-0.1, -0.05) is 18.2 Å². The Morgan fingerprint density at radius 3 is 2.58 bits per heavy atom. The number of nitrogens with one attached hydrogen (secondary N) is 1. The van der Waals surface area contributed by atoms with E-state index in [4.69, 9.17) is 10.5 Å². The number of carbonyl (C=O) groups excluding carboxylic acids is 2. The zero-order valence-corrected chi connectivity index (χ0v) is 16.7. The third kappa shape index (κ3) is 7.43. The normalized spacial score (nSPS) is 15.7. The number of nitrogens with zero attached hydrogens (tertiary/aromatic N) is 1. The maximum atomic E-state index is 12.7. The van der Waals surface area contributed by atoms with Crippen LogP contribution in [0.3, 0.4) is 0 Å². The summed E-state index contributed by atoms with van der Waals surface area (Å²) in [6.07, 6.45) is 4.22. The first kappa shape index (κ1) is 22.6. The number of likely N-dealkylation sites (tertiary alicyclic amines) is 1. The van der Waals surface area contributed by atoms with Crippen molar-refractivity contribution in [3.63, 3.8) is 0 Å². The van der Waals surface area contributed by atoms with Crippen molar-refractivity contribution < 1.29 is 14.3 Å². The van der Waals surface area contributed by atoms with Crippen LogP contribution < -0.4 is 15.8 Å². The van der Waals surface area contributed by atoms with Gasteiger partial charge in [-0.05, 0) is 43.4 Å². The minimum absolute atomic E-state index is 0. The molecule has 2 rings (SSSR count). The molecule has 2 amide bonds. The van der Waals surface area contributed by atoms with E-state index in [2.05, 4.69) is 5.32 Å². The van der Waals surface area contributed by atoms with Gasteiger partial charge in [0.1, 0.15) is 11.8 Å². The summed E-state index contributed by atoms with van der Waals surface area (Å²) >= 11 is 1.66. The molecule has 0 radical (unpaired) electrons. The number of hydrogen-bond donors (Lipinski definition) is 2. The van der Waals surface area contributed by atoms with E-state index in [1.54, 1.807) is 23.9 Å². The van der Waals surface area contributed by atoms with Gasteiger partial charge in [-0.3, -0.25) is 9.59 Å². The Bertz CT molecular complexity index is 554. The first-order valence-electron chi connectivity index (χ1n) is 8.60. The molecule has 3 N–H and O–H groups in total. The SMILES string of the molecule is CSCCC(NC(=O)COc1ccccc1)C(=O)N1CCC(N)CC1.Cl. The molecule has 1 unspecified atom stereocenters. The van der Waals surface area contributed by atoms with Crippen LogP contribution >= 0.6 is 24.2 Å². The average molecular weight is 402 g/mol. The minimum atomic E-state index is -0.506. The fourth-order valence-corrected chi connectivity index (χ4v) is 3.21. The molecule has 1 aromatic rings. The van der Waals surface area contributed by atoms with E-state index < -0.39 is 6.04 Å². The monoisotopic (exact) mass is 401 g/mol. The van der Waals surface area contributed by atoms with E-state index in [1.807, 2.05) is 29.4 Å². The van der Waals surface area contributed by atoms with Crippen LogP contribution in [0.1, 0.15) is 19.3 Å². The molecule has 0 aliphatic carbocycles. The van der Waals surface area contributed by atoms with Gasteiger partial charge in [-0.2, -0.15) is 11.8 Å². The van der Waals surface area contributed by atoms with E-state index >= 15 is 0 Å². The molecule has 8 heteroatoms. The number of nitrogens with two attached hydrogens (primary N) is 1. The maximum Gasteiger partial charge on any atom is 0.258 e. The van der Waals surface area contributed by atoms with Crippen molar-refractivity contribution in [3.05, 3.63) is 30.3 Å². The van der Waals surface area contributed by atoms with Crippen molar-refractivity contribution in [2.45, 2.75) is 31.3 Å². The lowest BCUT2D eigenvalue weighted by molar-refractivity contribution is -0.137. The van der Waals surface area contributed by atoms with Crippen molar-refractivity contribution >= 4 is 36.0 Å². The Morgan fingerprint density at radius 1 is 1.31 bits per heavy atom. The highest BCUT2D eigenvalue weighted by molar-refractivity contribution is 7.98. The number of thioether (sulfide) groups is 1. The summed E-state index contributed by atoms with van der Waals surface area (Å²) < 4.78 is 5.45. The maximum absolute atomic E-state index is 12.7. The molecule has 6 nitrogen and oxygen atoms in total. The fourth-order valence-electron chi connectivity index (χ4n) is 2.73. The Labute approximate surface area is 165 Å². The van der Waals surface area contributed by atoms with Gasteiger partial charge in [0.25, 0.3) is 5.91 Å². The van der Waals surface area contributed by atoms with E-state index in [0.29, 0.717) is 25.3 Å². The molecule has 1 saturated heterocycles. The Morgan fingerprint density at radius 2 is 1.96 bits per heavy atom. The van der Waals surface area contributed by atoms with E-state index in [0.717, 1.165) is 18.6 Å². The molecule has 1 atom stereocenters. The number of para-hydroxylation sites is 1. The second-order valence-corrected chi connectivity index (χ2v) is 7.15. The number of hydrogen-bond acceptors (Lipinski definition) is 5. The molecule has 26 heavy (non-hydrogen) atoms. The van der Waals surface area contributed by atoms with E-state index in [1.165, 1.54) is 0 Å². The third-order valence-electron chi connectivity index (χ3n) is 4.21. The quantitative estimate of drug-likeness (QED) is 0.692. The summed E-state index contributed by atoms with van der Waals surface area (Å²) in [6.45, 7) is 1.22. The van der Waals surface area contributed by atoms with Crippen LogP contribution in [0.2, 0.25) is 0 Å². The number of piperidine rings is 1. The van der Waals surface area contributed by atoms with Crippen molar-refractivity contribution in [2.75, 3.05) is 31.7 Å². The second kappa shape index (κ2) is 12.0. The molecule has 0 aromatic heterocycles. The van der Waals surface area contributed by atoms with Crippen LogP contribution in [0.5, 0.6) is 5.75 Å². The highest BCUT2D eigenvalue weighted by atomic mass is 35.5. The number of rotatable bonds is 8. The fraction of sp³-hybridized carbons (Fsp3) is 0.556. The second-order valence-electron chi connectivity index (χ2n) is 6.17. The molecular weight excluding hydrogens is 374 g/mol. The average Bonchev–Trinajstić information content (AvgIpc) is 2.64. The first-order chi connectivity index (χ1) is 12.1. The van der Waals surface area contributed by atoms with Gasteiger partial charge in [-0.15, -0.1) is 12.4 Å². The van der Waals surface area contributed by atoms with Gasteiger partial charge < -0.3 is 20.7 Å². The van der Waals surface area contributed by atoms with Crippen LogP contribution in [0.4, 0.5) is 0 Å². The van der Waals surface area contributed by atoms with E-state index in [9.17, 15) is 9.59 Å². The summed E-state index contributed by atoms with van der Waals surface area (Å²) in [4.78, 5) is 26.7. The Balaban J connectivity index is 0.00000338. The molecule has 1 heterocycles. The Kier molecular flexibility index (Phi) is 10.5. The van der Waals surface area contributed by atoms with Crippen molar-refractivity contribution in [1.29, 1.82) is 0 Å². The molecule has 1 aliphatic heterocycles. The molecule has 0 spiro atoms. The van der Waals surface area contributed by atoms with Crippen molar-refractivity contribution in [1.82, 2.24) is 10.2 Å². The van der Waals surface area contributed by atoms with Crippen LogP contribution in [-0.2, 0) is 9.59 Å². The zero-order chi connectivity index (χ0) is 18.1. The molecule has 0 bridgehead atoms. The lowest BCUT2D eigenvalue weighted by atomic mass is 10.0. The smallest absolute Gasteiger partial charge is 0.258 e. The summed E-state index contributed by atoms with van der Waals surface area (Å²) in [6, 6.07) is 8.82. The van der Waals surface area contributed by atoms with Gasteiger partial charge >= 0.3 is 0 Å². The lowest BCUT2D eigenvalue weighted by Gasteiger charge is -2.33. The van der Waals surface area contributed by atoms with Gasteiger partial charge in [0.05, 0.1) is 0 Å². The predicted molar refractivity (Wildman–Crippen MR) is 108 cm³/mol. The summed E-state index contributed by atoms with van der Waals surface area (Å²) in [5.74, 6) is 1.14. The van der Waals surface area contributed by atoms with Crippen LogP contribution in [0, 0.1) is 0 Å². The summed E-state index contributed by atoms with van der Waals surface area (Å²) in [5.41, 5.74) is 5.90. The van der Waals surface area contributed by atoms with Gasteiger partial charge in [0.2, 0.25) is 5.91 Å². The number of carbonyl (C=O) groups is 2. The van der Waals surface area contributed by atoms with Crippen LogP contribution in [0.15, 0.2) is 30.3 Å². The van der Waals surface area contributed by atoms with E-state index in [-0.39, 0.29) is 36.9 Å². The Hall–Kier alpha value is -1.44. The number of benzene rings is 1. The number of amides is 2. The topological polar surface area (TPSA) is 84.7 Å². The molecule has 1 fully saturated rings. The summed E-state index contributed by atoms with van der Waals surface area (Å²) in [5, 5.41) is 2.83. The van der Waals surface area contributed by atoms with Gasteiger partial charge in [-0.25, -0.2) is 0 Å². The van der Waals surface area contributed by atoms with Crippen molar-refractivity contribution in [2.24, 2.45) is 5.73 Å². The molecule has 0 saturated carbocycles. The third-order valence-corrected chi connectivity index (χ3v) is 4.85. The zero-order valence-electron chi connectivity index (χ0n) is 15.1. The first-order valence-corrected chi connectivity index (χ1v) is 10.00. The standard InChI is InChI=1S/C18H27N3O3S.ClH/c1-25-12-9-16(18(23)21-10-7-14(19)8-11-21)20-17(22)13-24-15-5-3-2-4-6-15;/h2-6,14,16H,7-13,19H2,1H3,(H,20,22);1H. The molecule has 1 aliphatic rings. The molecule has 146 valence electrons. The minimum Gasteiger partial charge on any atom is -0.484 e. The molecular formula is C18H28ClN3O3S. The van der Waals surface area contributed by atoms with Crippen LogP contribution in [-0.4, -0.2) is 60.5 Å². The van der Waals surface area contributed by atoms with Crippen molar-refractivity contribution in [3.8, 4) is 5.75 Å². The predicted octanol–water partition coefficient (Wildman–Crippen LogP) is 1.67. The van der Waals surface area contributed by atoms with Crippen LogP contribution in [0.25, 0.3) is 0 Å². The number of halogens is 1. The van der Waals surface area contributed by atoms with Gasteiger partial charge in [0.15, 0.2) is 6.61 Å². The number of ether oxygens (including phenoxy) is 1.